The van der Waals surface area contributed by atoms with E-state index in [4.69, 9.17) is 9.26 Å². The van der Waals surface area contributed by atoms with Crippen LogP contribution in [0.5, 0.6) is 0 Å². The van der Waals surface area contributed by atoms with Gasteiger partial charge < -0.3 is 14.2 Å². The van der Waals surface area contributed by atoms with Crippen LogP contribution in [0.2, 0.25) is 0 Å². The van der Waals surface area contributed by atoms with Crippen molar-refractivity contribution in [2.24, 2.45) is 11.8 Å². The van der Waals surface area contributed by atoms with Crippen LogP contribution in [-0.2, 0) is 16.1 Å². The lowest BCUT2D eigenvalue weighted by molar-refractivity contribution is -0.125. The van der Waals surface area contributed by atoms with Gasteiger partial charge in [0.25, 0.3) is 0 Å². The first kappa shape index (κ1) is 15.9. The van der Waals surface area contributed by atoms with Crippen molar-refractivity contribution >= 4 is 5.91 Å². The SMILES string of the molecule is Cc1noc(C)c1COC1CCN(C(=O)C=C(C2CC2)C2CC2)C1. The summed E-state index contributed by atoms with van der Waals surface area (Å²) in [6.45, 7) is 5.84. The van der Waals surface area contributed by atoms with Crippen LogP contribution >= 0.6 is 0 Å². The summed E-state index contributed by atoms with van der Waals surface area (Å²) in [7, 11) is 0. The maximum absolute atomic E-state index is 12.6. The lowest BCUT2D eigenvalue weighted by Gasteiger charge is -2.16. The molecule has 1 atom stereocenters. The van der Waals surface area contributed by atoms with E-state index in [0.29, 0.717) is 25.0 Å². The molecule has 5 nitrogen and oxygen atoms in total. The Kier molecular flexibility index (Phi) is 4.21. The third-order valence-electron chi connectivity index (χ3n) is 5.49. The molecular weight excluding hydrogens is 304 g/mol. The molecule has 4 rings (SSSR count). The first-order valence-electron chi connectivity index (χ1n) is 9.15. The van der Waals surface area contributed by atoms with Crippen LogP contribution in [0.15, 0.2) is 16.2 Å². The quantitative estimate of drug-likeness (QED) is 0.752. The molecule has 1 aliphatic heterocycles. The van der Waals surface area contributed by atoms with Gasteiger partial charge >= 0.3 is 0 Å². The smallest absolute Gasteiger partial charge is 0.246 e. The molecule has 0 spiro atoms. The Balaban J connectivity index is 1.31. The molecule has 3 fully saturated rings. The number of carbonyl (C=O) groups is 1. The van der Waals surface area contributed by atoms with E-state index in [-0.39, 0.29) is 12.0 Å². The third-order valence-corrected chi connectivity index (χ3v) is 5.49. The minimum Gasteiger partial charge on any atom is -0.371 e. The van der Waals surface area contributed by atoms with Gasteiger partial charge in [0.05, 0.1) is 18.4 Å². The van der Waals surface area contributed by atoms with Gasteiger partial charge in [-0.2, -0.15) is 0 Å². The van der Waals surface area contributed by atoms with Crippen LogP contribution in [0, 0.1) is 25.7 Å². The summed E-state index contributed by atoms with van der Waals surface area (Å²) in [6.07, 6.45) is 8.08. The van der Waals surface area contributed by atoms with Gasteiger partial charge in [0.1, 0.15) is 5.76 Å². The highest BCUT2D eigenvalue weighted by molar-refractivity contribution is 5.88. The molecule has 2 aliphatic carbocycles. The lowest BCUT2D eigenvalue weighted by Crippen LogP contribution is -2.29. The van der Waals surface area contributed by atoms with Crippen LogP contribution in [0.1, 0.15) is 49.1 Å². The summed E-state index contributed by atoms with van der Waals surface area (Å²) in [5.74, 6) is 2.42. The molecule has 0 aromatic carbocycles. The Hall–Kier alpha value is -1.62. The molecule has 2 saturated carbocycles. The van der Waals surface area contributed by atoms with Gasteiger partial charge in [-0.05, 0) is 57.8 Å². The van der Waals surface area contributed by atoms with Gasteiger partial charge in [0.2, 0.25) is 5.91 Å². The Labute approximate surface area is 143 Å². The highest BCUT2D eigenvalue weighted by Crippen LogP contribution is 2.48. The molecular formula is C19H26N2O3. The number of allylic oxidation sites excluding steroid dienone is 1. The van der Waals surface area contributed by atoms with Crippen molar-refractivity contribution in [1.82, 2.24) is 10.1 Å². The summed E-state index contributed by atoms with van der Waals surface area (Å²) in [5.41, 5.74) is 3.35. The molecule has 1 saturated heterocycles. The molecule has 1 unspecified atom stereocenters. The molecule has 1 aromatic rings. The first-order chi connectivity index (χ1) is 11.6. The van der Waals surface area contributed by atoms with E-state index in [2.05, 4.69) is 5.16 Å². The third kappa shape index (κ3) is 3.41. The number of hydrogen-bond donors (Lipinski definition) is 0. The highest BCUT2D eigenvalue weighted by atomic mass is 16.5. The molecule has 1 amide bonds. The molecule has 130 valence electrons. The maximum Gasteiger partial charge on any atom is 0.246 e. The number of aromatic nitrogens is 1. The predicted molar refractivity (Wildman–Crippen MR) is 89.3 cm³/mol. The normalized spacial score (nSPS) is 23.6. The largest absolute Gasteiger partial charge is 0.371 e. The molecule has 1 aromatic heterocycles. The van der Waals surface area contributed by atoms with Gasteiger partial charge in [0, 0.05) is 24.7 Å². The van der Waals surface area contributed by atoms with E-state index in [1.54, 1.807) is 0 Å². The Morgan fingerprint density at radius 3 is 2.54 bits per heavy atom. The molecule has 0 radical (unpaired) electrons. The second-order valence-corrected chi connectivity index (χ2v) is 7.50. The summed E-state index contributed by atoms with van der Waals surface area (Å²) in [5, 5.41) is 3.95. The van der Waals surface area contributed by atoms with Gasteiger partial charge in [-0.25, -0.2) is 0 Å². The summed E-state index contributed by atoms with van der Waals surface area (Å²) in [4.78, 5) is 14.5. The van der Waals surface area contributed by atoms with Crippen LogP contribution in [0.4, 0.5) is 0 Å². The minimum atomic E-state index is 0.112. The van der Waals surface area contributed by atoms with Crippen molar-refractivity contribution in [3.63, 3.8) is 0 Å². The van der Waals surface area contributed by atoms with Gasteiger partial charge in [-0.15, -0.1) is 0 Å². The van der Waals surface area contributed by atoms with E-state index in [1.165, 1.54) is 31.3 Å². The molecule has 0 N–H and O–H groups in total. The first-order valence-corrected chi connectivity index (χ1v) is 9.15. The Bertz CT molecular complexity index is 622. The van der Waals surface area contributed by atoms with Crippen LogP contribution in [0.3, 0.4) is 0 Å². The second-order valence-electron chi connectivity index (χ2n) is 7.50. The number of likely N-dealkylation sites (tertiary alicyclic amines) is 1. The number of nitrogens with zero attached hydrogens (tertiary/aromatic N) is 2. The van der Waals surface area contributed by atoms with E-state index in [1.807, 2.05) is 24.8 Å². The average molecular weight is 330 g/mol. The fourth-order valence-corrected chi connectivity index (χ4v) is 3.61. The molecule has 0 bridgehead atoms. The van der Waals surface area contributed by atoms with Gasteiger partial charge in [-0.1, -0.05) is 10.7 Å². The number of rotatable bonds is 6. The Morgan fingerprint density at radius 2 is 1.96 bits per heavy atom. The van der Waals surface area contributed by atoms with Crippen molar-refractivity contribution < 1.29 is 14.1 Å². The topological polar surface area (TPSA) is 55.6 Å². The van der Waals surface area contributed by atoms with Crippen LogP contribution < -0.4 is 0 Å². The molecule has 3 aliphatic rings. The van der Waals surface area contributed by atoms with E-state index >= 15 is 0 Å². The van der Waals surface area contributed by atoms with E-state index in [0.717, 1.165) is 30.0 Å². The molecule has 2 heterocycles. The molecule has 24 heavy (non-hydrogen) atoms. The fourth-order valence-electron chi connectivity index (χ4n) is 3.61. The van der Waals surface area contributed by atoms with Crippen molar-refractivity contribution in [3.8, 4) is 0 Å². The van der Waals surface area contributed by atoms with Crippen molar-refractivity contribution in [2.45, 2.75) is 58.7 Å². The minimum absolute atomic E-state index is 0.112. The van der Waals surface area contributed by atoms with Gasteiger partial charge in [-0.3, -0.25) is 4.79 Å². The van der Waals surface area contributed by atoms with E-state index < -0.39 is 0 Å². The number of aryl methyl sites for hydroxylation is 2. The van der Waals surface area contributed by atoms with E-state index in [9.17, 15) is 4.79 Å². The number of hydrogen-bond acceptors (Lipinski definition) is 4. The summed E-state index contributed by atoms with van der Waals surface area (Å²) < 4.78 is 11.2. The maximum atomic E-state index is 12.6. The standard InChI is InChI=1S/C19H26N2O3/c1-12-18(13(2)24-20-12)11-23-16-7-8-21(10-16)19(22)9-17(14-3-4-14)15-5-6-15/h9,14-16H,3-8,10-11H2,1-2H3. The highest BCUT2D eigenvalue weighted by Gasteiger charge is 2.37. The van der Waals surface area contributed by atoms with Crippen molar-refractivity contribution in [2.75, 3.05) is 13.1 Å². The number of carbonyl (C=O) groups excluding carboxylic acids is 1. The van der Waals surface area contributed by atoms with Crippen LogP contribution in [-0.4, -0.2) is 35.2 Å². The predicted octanol–water partition coefficient (Wildman–Crippen LogP) is 3.16. The lowest BCUT2D eigenvalue weighted by atomic mass is 10.1. The average Bonchev–Trinajstić information content (AvgIpc) is 3.49. The van der Waals surface area contributed by atoms with Gasteiger partial charge in [0.15, 0.2) is 0 Å². The fraction of sp³-hybridized carbons (Fsp3) is 0.684. The number of amides is 1. The molecule has 5 heteroatoms. The summed E-state index contributed by atoms with van der Waals surface area (Å²) >= 11 is 0. The van der Waals surface area contributed by atoms with Crippen LogP contribution in [0.25, 0.3) is 0 Å². The van der Waals surface area contributed by atoms with Crippen molar-refractivity contribution in [3.05, 3.63) is 28.7 Å². The zero-order valence-electron chi connectivity index (χ0n) is 14.6. The zero-order valence-corrected chi connectivity index (χ0v) is 14.6. The second kappa shape index (κ2) is 6.36. The summed E-state index contributed by atoms with van der Waals surface area (Å²) in [6, 6.07) is 0. The zero-order chi connectivity index (χ0) is 16.7. The monoisotopic (exact) mass is 330 g/mol. The Morgan fingerprint density at radius 1 is 1.25 bits per heavy atom. The van der Waals surface area contributed by atoms with Crippen molar-refractivity contribution in [1.29, 1.82) is 0 Å². The number of ether oxygens (including phenoxy) is 1.